The minimum atomic E-state index is 0.00360. The van der Waals surface area contributed by atoms with Gasteiger partial charge >= 0.3 is 5.69 Å². The summed E-state index contributed by atoms with van der Waals surface area (Å²) in [6.07, 6.45) is 5.25. The molecular formula is C19H25N3O3. The first-order valence-electron chi connectivity index (χ1n) is 9.01. The second-order valence-corrected chi connectivity index (χ2v) is 6.93. The van der Waals surface area contributed by atoms with E-state index in [1.165, 1.54) is 0 Å². The van der Waals surface area contributed by atoms with Gasteiger partial charge in [0, 0.05) is 32.7 Å². The Balaban J connectivity index is 1.37. The molecule has 1 fully saturated rings. The normalized spacial score (nSPS) is 22.3. The predicted octanol–water partition coefficient (Wildman–Crippen LogP) is 2.29. The number of benzene rings is 1. The molecule has 0 amide bonds. The van der Waals surface area contributed by atoms with E-state index in [0.717, 1.165) is 55.7 Å². The lowest BCUT2D eigenvalue weighted by Crippen LogP contribution is -2.38. The van der Waals surface area contributed by atoms with Crippen LogP contribution in [-0.2, 0) is 9.47 Å². The Labute approximate surface area is 147 Å². The number of piperidine rings is 1. The van der Waals surface area contributed by atoms with Gasteiger partial charge in [-0.15, -0.1) is 0 Å². The van der Waals surface area contributed by atoms with Gasteiger partial charge < -0.3 is 14.5 Å². The summed E-state index contributed by atoms with van der Waals surface area (Å²) in [4.78, 5) is 17.7. The Morgan fingerprint density at radius 2 is 2.08 bits per heavy atom. The Morgan fingerprint density at radius 1 is 1.28 bits per heavy atom. The number of aromatic nitrogens is 2. The smallest absolute Gasteiger partial charge is 0.326 e. The number of nitrogens with zero attached hydrogens (tertiary/aromatic N) is 2. The van der Waals surface area contributed by atoms with E-state index in [9.17, 15) is 4.79 Å². The van der Waals surface area contributed by atoms with E-state index in [0.29, 0.717) is 6.61 Å². The second kappa shape index (κ2) is 7.06. The molecule has 1 N–H and O–H groups in total. The van der Waals surface area contributed by atoms with E-state index in [-0.39, 0.29) is 17.8 Å². The van der Waals surface area contributed by atoms with Gasteiger partial charge in [0.05, 0.1) is 24.2 Å². The fraction of sp³-hybridized carbons (Fsp3) is 0.526. The summed E-state index contributed by atoms with van der Waals surface area (Å²) in [7, 11) is 1.71. The molecule has 1 unspecified atom stereocenters. The van der Waals surface area contributed by atoms with Crippen LogP contribution >= 0.6 is 0 Å². The summed E-state index contributed by atoms with van der Waals surface area (Å²) in [5.41, 5.74) is 1.93. The van der Waals surface area contributed by atoms with Gasteiger partial charge in [0.1, 0.15) is 11.9 Å². The van der Waals surface area contributed by atoms with Crippen LogP contribution in [0.15, 0.2) is 40.9 Å². The number of likely N-dealkylation sites (tertiary alicyclic amines) is 1. The maximum absolute atomic E-state index is 12.3. The third-order valence-corrected chi connectivity index (χ3v) is 5.20. The molecular weight excluding hydrogens is 318 g/mol. The van der Waals surface area contributed by atoms with Gasteiger partial charge in [-0.05, 0) is 31.1 Å². The van der Waals surface area contributed by atoms with Crippen molar-refractivity contribution >= 4 is 11.0 Å². The number of nitrogens with one attached hydrogen (secondary N) is 1. The van der Waals surface area contributed by atoms with Gasteiger partial charge in [0.2, 0.25) is 0 Å². The lowest BCUT2D eigenvalue weighted by Gasteiger charge is -2.32. The maximum atomic E-state index is 12.3. The van der Waals surface area contributed by atoms with Gasteiger partial charge in [-0.1, -0.05) is 12.1 Å². The van der Waals surface area contributed by atoms with Crippen LogP contribution in [0.25, 0.3) is 11.0 Å². The number of H-pyrrole nitrogens is 1. The fourth-order valence-corrected chi connectivity index (χ4v) is 3.96. The Morgan fingerprint density at radius 3 is 2.88 bits per heavy atom. The molecule has 0 radical (unpaired) electrons. The van der Waals surface area contributed by atoms with Gasteiger partial charge in [-0.2, -0.15) is 0 Å². The zero-order valence-electron chi connectivity index (χ0n) is 14.6. The van der Waals surface area contributed by atoms with Crippen molar-refractivity contribution in [2.24, 2.45) is 0 Å². The number of rotatable bonds is 5. The molecule has 0 bridgehead atoms. The van der Waals surface area contributed by atoms with E-state index in [2.05, 4.69) is 16.0 Å². The largest absolute Gasteiger partial charge is 0.491 e. The van der Waals surface area contributed by atoms with Crippen LogP contribution in [0.1, 0.15) is 25.3 Å². The SMILES string of the molecule is COCC1CC=C(CN2CCC(n3c(=O)[nH]c4ccccc43)CC2)O1. The third kappa shape index (κ3) is 3.37. The van der Waals surface area contributed by atoms with E-state index in [4.69, 9.17) is 9.47 Å². The van der Waals surface area contributed by atoms with Crippen molar-refractivity contribution in [1.82, 2.24) is 14.5 Å². The first-order valence-corrected chi connectivity index (χ1v) is 9.01. The number of hydrogen-bond donors (Lipinski definition) is 1. The molecule has 0 saturated carbocycles. The molecule has 6 nitrogen and oxygen atoms in total. The van der Waals surface area contributed by atoms with Crippen LogP contribution in [0.4, 0.5) is 0 Å². The van der Waals surface area contributed by atoms with Crippen LogP contribution in [0.5, 0.6) is 0 Å². The van der Waals surface area contributed by atoms with Crippen LogP contribution in [0.2, 0.25) is 0 Å². The molecule has 0 spiro atoms. The van der Waals surface area contributed by atoms with E-state index in [1.54, 1.807) is 7.11 Å². The van der Waals surface area contributed by atoms with Crippen LogP contribution in [-0.4, -0.2) is 53.9 Å². The summed E-state index contributed by atoms with van der Waals surface area (Å²) in [6, 6.07) is 8.19. The van der Waals surface area contributed by atoms with Crippen molar-refractivity contribution in [3.8, 4) is 0 Å². The molecule has 1 aromatic heterocycles. The monoisotopic (exact) mass is 343 g/mol. The number of hydrogen-bond acceptors (Lipinski definition) is 4. The zero-order chi connectivity index (χ0) is 17.2. The van der Waals surface area contributed by atoms with Gasteiger partial charge in [-0.3, -0.25) is 9.47 Å². The van der Waals surface area contributed by atoms with E-state index >= 15 is 0 Å². The molecule has 4 rings (SSSR count). The second-order valence-electron chi connectivity index (χ2n) is 6.93. The van der Waals surface area contributed by atoms with Crippen molar-refractivity contribution in [2.75, 3.05) is 33.4 Å². The van der Waals surface area contributed by atoms with Crippen LogP contribution in [0, 0.1) is 0 Å². The molecule has 134 valence electrons. The summed E-state index contributed by atoms with van der Waals surface area (Å²) in [5, 5.41) is 0. The summed E-state index contributed by atoms with van der Waals surface area (Å²) >= 11 is 0. The van der Waals surface area contributed by atoms with Gasteiger partial charge in [-0.25, -0.2) is 4.79 Å². The standard InChI is InChI=1S/C19H25N3O3/c1-24-13-16-7-6-15(25-16)12-21-10-8-14(9-11-21)22-18-5-3-2-4-17(18)20-19(22)23/h2-6,14,16H,7-13H2,1H3,(H,20,23). The minimum absolute atomic E-state index is 0.00360. The van der Waals surface area contributed by atoms with Gasteiger partial charge in [0.25, 0.3) is 0 Å². The minimum Gasteiger partial charge on any atom is -0.491 e. The number of ether oxygens (including phenoxy) is 2. The average Bonchev–Trinajstić information content (AvgIpc) is 3.19. The highest BCUT2D eigenvalue weighted by atomic mass is 16.5. The molecule has 0 aliphatic carbocycles. The molecule has 2 aliphatic rings. The summed E-state index contributed by atoms with van der Waals surface area (Å²) in [5.74, 6) is 1.06. The molecule has 6 heteroatoms. The number of fused-ring (bicyclic) bond motifs is 1. The molecule has 2 aliphatic heterocycles. The number of para-hydroxylation sites is 2. The molecule has 25 heavy (non-hydrogen) atoms. The average molecular weight is 343 g/mol. The maximum Gasteiger partial charge on any atom is 0.326 e. The Bertz CT molecular complexity index is 815. The highest BCUT2D eigenvalue weighted by molar-refractivity contribution is 5.75. The summed E-state index contributed by atoms with van der Waals surface area (Å²) < 4.78 is 13.0. The predicted molar refractivity (Wildman–Crippen MR) is 96.7 cm³/mol. The fourth-order valence-electron chi connectivity index (χ4n) is 3.96. The first-order chi connectivity index (χ1) is 12.2. The van der Waals surface area contributed by atoms with Crippen molar-refractivity contribution in [3.63, 3.8) is 0 Å². The van der Waals surface area contributed by atoms with Crippen LogP contribution in [0.3, 0.4) is 0 Å². The van der Waals surface area contributed by atoms with E-state index < -0.39 is 0 Å². The molecule has 3 heterocycles. The quantitative estimate of drug-likeness (QED) is 0.905. The van der Waals surface area contributed by atoms with Crippen molar-refractivity contribution < 1.29 is 9.47 Å². The van der Waals surface area contributed by atoms with Crippen LogP contribution < -0.4 is 5.69 Å². The highest BCUT2D eigenvalue weighted by Crippen LogP contribution is 2.26. The molecule has 1 aromatic carbocycles. The van der Waals surface area contributed by atoms with Gasteiger partial charge in [0.15, 0.2) is 0 Å². The third-order valence-electron chi connectivity index (χ3n) is 5.20. The van der Waals surface area contributed by atoms with Crippen molar-refractivity contribution in [1.29, 1.82) is 0 Å². The Kier molecular flexibility index (Phi) is 4.63. The highest BCUT2D eigenvalue weighted by Gasteiger charge is 2.26. The first kappa shape index (κ1) is 16.4. The lowest BCUT2D eigenvalue weighted by atomic mass is 10.0. The number of aromatic amines is 1. The zero-order valence-corrected chi connectivity index (χ0v) is 14.6. The van der Waals surface area contributed by atoms with Crippen molar-refractivity contribution in [2.45, 2.75) is 31.4 Å². The summed E-state index contributed by atoms with van der Waals surface area (Å²) in [6.45, 7) is 3.46. The molecule has 2 aromatic rings. The Hall–Kier alpha value is -2.05. The number of imidazole rings is 1. The topological polar surface area (TPSA) is 59.5 Å². The molecule has 1 saturated heterocycles. The lowest BCUT2D eigenvalue weighted by molar-refractivity contribution is 0.0439. The molecule has 1 atom stereocenters. The van der Waals surface area contributed by atoms with E-state index in [1.807, 2.05) is 28.8 Å². The number of methoxy groups -OCH3 is 1. The van der Waals surface area contributed by atoms with Crippen molar-refractivity contribution in [3.05, 3.63) is 46.6 Å².